The molecule has 0 spiro atoms. The summed E-state index contributed by atoms with van der Waals surface area (Å²) >= 11 is 0. The van der Waals surface area contributed by atoms with E-state index in [2.05, 4.69) is 26.1 Å². The van der Waals surface area contributed by atoms with E-state index in [4.69, 9.17) is 0 Å². The summed E-state index contributed by atoms with van der Waals surface area (Å²) in [5, 5.41) is 2.99. The zero-order chi connectivity index (χ0) is 16.2. The first kappa shape index (κ1) is 21.7. The molecule has 1 atom stereocenters. The molecular weight excluding hydrogens is 356 g/mol. The molecule has 0 heterocycles. The molecule has 0 saturated heterocycles. The summed E-state index contributed by atoms with van der Waals surface area (Å²) in [5.41, 5.74) is 2.25. The van der Waals surface area contributed by atoms with Crippen molar-refractivity contribution in [2.75, 3.05) is 25.0 Å². The molecule has 1 amide bonds. The van der Waals surface area contributed by atoms with Gasteiger partial charge in [-0.05, 0) is 64.8 Å². The van der Waals surface area contributed by atoms with Crippen molar-refractivity contribution in [1.29, 1.82) is 0 Å². The zero-order valence-electron chi connectivity index (χ0n) is 14.7. The van der Waals surface area contributed by atoms with E-state index in [-0.39, 0.29) is 50.5 Å². The number of carbonyl (C=O) groups excluding carboxylic acids is 1. The quantitative estimate of drug-likeness (QED) is 0.746. The largest absolute Gasteiger partial charge is 0.320 e. The van der Waals surface area contributed by atoms with E-state index in [0.717, 1.165) is 40.9 Å². The molecule has 0 saturated carbocycles. The van der Waals surface area contributed by atoms with Crippen LogP contribution < -0.4 is 5.32 Å². The van der Waals surface area contributed by atoms with Gasteiger partial charge in [0, 0.05) is 38.4 Å². The molecular formula is C17H28FN2OY+. The van der Waals surface area contributed by atoms with Gasteiger partial charge in [0.15, 0.2) is 6.04 Å². The Morgan fingerprint density at radius 2 is 1.55 bits per heavy atom. The van der Waals surface area contributed by atoms with E-state index in [1.165, 1.54) is 12.1 Å². The van der Waals surface area contributed by atoms with Crippen LogP contribution in [0.2, 0.25) is 0 Å². The molecule has 1 aromatic carbocycles. The molecule has 1 N–H and O–H groups in total. The molecule has 1 unspecified atom stereocenters. The third-order valence-corrected chi connectivity index (χ3v) is 4.84. The van der Waals surface area contributed by atoms with Gasteiger partial charge in [-0.2, -0.15) is 0 Å². The third kappa shape index (κ3) is 4.59. The predicted molar refractivity (Wildman–Crippen MR) is 85.8 cm³/mol. The molecule has 0 aromatic heterocycles. The van der Waals surface area contributed by atoms with Crippen LogP contribution in [-0.2, 0) is 37.5 Å². The van der Waals surface area contributed by atoms with Crippen molar-refractivity contribution in [2.45, 2.75) is 47.6 Å². The van der Waals surface area contributed by atoms with Gasteiger partial charge in [0.2, 0.25) is 0 Å². The molecule has 1 rings (SSSR count). The summed E-state index contributed by atoms with van der Waals surface area (Å²) in [4.78, 5) is 12.6. The maximum atomic E-state index is 13.3. The Morgan fingerprint density at radius 1 is 1.14 bits per heavy atom. The molecule has 1 aromatic rings. The smallest absolute Gasteiger partial charge is 0.282 e. The first-order valence-electron chi connectivity index (χ1n) is 7.74. The fraction of sp³-hybridized carbons (Fsp3) is 0.588. The van der Waals surface area contributed by atoms with Gasteiger partial charge in [-0.15, -0.1) is 0 Å². The topological polar surface area (TPSA) is 29.1 Å². The van der Waals surface area contributed by atoms with Crippen LogP contribution in [0.3, 0.4) is 0 Å². The van der Waals surface area contributed by atoms with Crippen LogP contribution in [0.4, 0.5) is 10.1 Å². The first-order valence-corrected chi connectivity index (χ1v) is 7.74. The fourth-order valence-electron chi connectivity index (χ4n) is 3.08. The number of hydrogen-bond acceptors (Lipinski definition) is 1. The van der Waals surface area contributed by atoms with Crippen LogP contribution in [0.5, 0.6) is 0 Å². The van der Waals surface area contributed by atoms with Crippen molar-refractivity contribution >= 4 is 11.6 Å². The number of anilines is 1. The van der Waals surface area contributed by atoms with E-state index >= 15 is 0 Å². The second-order valence-corrected chi connectivity index (χ2v) is 5.75. The average molecular weight is 384 g/mol. The molecule has 0 fully saturated rings. The number of quaternary nitrogens is 1. The van der Waals surface area contributed by atoms with Crippen molar-refractivity contribution in [3.63, 3.8) is 0 Å². The number of nitrogens with one attached hydrogen (secondary N) is 1. The van der Waals surface area contributed by atoms with Gasteiger partial charge >= 0.3 is 0 Å². The zero-order valence-corrected chi connectivity index (χ0v) is 17.5. The van der Waals surface area contributed by atoms with Crippen LogP contribution in [0.25, 0.3) is 0 Å². The summed E-state index contributed by atoms with van der Waals surface area (Å²) in [6.45, 7) is 14.7. The second kappa shape index (κ2) is 9.10. The van der Waals surface area contributed by atoms with Crippen LogP contribution in [0.1, 0.15) is 38.8 Å². The van der Waals surface area contributed by atoms with Crippen molar-refractivity contribution in [3.8, 4) is 0 Å². The van der Waals surface area contributed by atoms with Gasteiger partial charge in [-0.25, -0.2) is 4.39 Å². The van der Waals surface area contributed by atoms with Gasteiger partial charge in [-0.3, -0.25) is 4.79 Å². The Morgan fingerprint density at radius 3 is 1.91 bits per heavy atom. The van der Waals surface area contributed by atoms with Gasteiger partial charge in [0.05, 0.1) is 19.6 Å². The van der Waals surface area contributed by atoms with Crippen LogP contribution >= 0.6 is 0 Å². The molecule has 121 valence electrons. The summed E-state index contributed by atoms with van der Waals surface area (Å²) < 4.78 is 14.1. The fourth-order valence-corrected chi connectivity index (χ4v) is 3.08. The average Bonchev–Trinajstić information content (AvgIpc) is 2.44. The maximum Gasteiger partial charge on any atom is 0.282 e. The molecule has 0 bridgehead atoms. The molecule has 0 aliphatic rings. The van der Waals surface area contributed by atoms with Crippen molar-refractivity contribution < 1.29 is 46.4 Å². The van der Waals surface area contributed by atoms with Crippen LogP contribution in [0.15, 0.2) is 12.1 Å². The minimum atomic E-state index is -0.267. The first-order chi connectivity index (χ1) is 9.81. The van der Waals surface area contributed by atoms with Gasteiger partial charge in [0.1, 0.15) is 5.82 Å². The number of benzene rings is 1. The van der Waals surface area contributed by atoms with E-state index in [1.54, 1.807) is 0 Å². The number of aryl methyl sites for hydroxylation is 2. The Balaban J connectivity index is 0.00000441. The number of hydrogen-bond donors (Lipinski definition) is 1. The predicted octanol–water partition coefficient (Wildman–Crippen LogP) is 3.64. The van der Waals surface area contributed by atoms with Crippen molar-refractivity contribution in [3.05, 3.63) is 29.1 Å². The monoisotopic (exact) mass is 384 g/mol. The number of likely N-dealkylation sites (N-methyl/N-ethyl adjacent to an activating group) is 1. The molecule has 0 aliphatic carbocycles. The van der Waals surface area contributed by atoms with E-state index < -0.39 is 0 Å². The summed E-state index contributed by atoms with van der Waals surface area (Å²) in [6, 6.07) is 2.78. The van der Waals surface area contributed by atoms with Crippen molar-refractivity contribution in [2.24, 2.45) is 0 Å². The van der Waals surface area contributed by atoms with Gasteiger partial charge < -0.3 is 9.80 Å². The Kier molecular flexibility index (Phi) is 8.96. The van der Waals surface area contributed by atoms with Crippen molar-refractivity contribution in [1.82, 2.24) is 0 Å². The minimum absolute atomic E-state index is 0. The summed E-state index contributed by atoms with van der Waals surface area (Å²) in [7, 11) is 0. The standard InChI is InChI=1S/C17H27FN2O.Y/c1-7-20(8-2,9-3)14(6)17(21)19-16-12(4)10-15(18)11-13(16)5;/h10-11,14H,7-9H2,1-6H3;/p+1. The number of carbonyl (C=O) groups is 1. The SMILES string of the molecule is CC[N+](CC)(CC)C(C)C(=O)Nc1c(C)cc(F)cc1C.[Y]. The summed E-state index contributed by atoms with van der Waals surface area (Å²) in [6.07, 6.45) is 0. The van der Waals surface area contributed by atoms with Crippen LogP contribution in [-0.4, -0.2) is 36.1 Å². The number of rotatable bonds is 6. The van der Waals surface area contributed by atoms with E-state index in [9.17, 15) is 9.18 Å². The van der Waals surface area contributed by atoms with E-state index in [1.807, 2.05) is 20.8 Å². The Hall–Kier alpha value is -0.316. The third-order valence-electron chi connectivity index (χ3n) is 4.84. The summed E-state index contributed by atoms with van der Waals surface area (Å²) in [5.74, 6) is -0.268. The molecule has 5 heteroatoms. The Bertz CT molecular complexity index is 484. The minimum Gasteiger partial charge on any atom is -0.320 e. The van der Waals surface area contributed by atoms with Gasteiger partial charge in [-0.1, -0.05) is 0 Å². The Labute approximate surface area is 159 Å². The normalized spacial score (nSPS) is 12.5. The number of nitrogens with zero attached hydrogens (tertiary/aromatic N) is 1. The van der Waals surface area contributed by atoms with Gasteiger partial charge in [0.25, 0.3) is 5.91 Å². The number of amides is 1. The van der Waals surface area contributed by atoms with Crippen LogP contribution in [0, 0.1) is 19.7 Å². The molecule has 3 nitrogen and oxygen atoms in total. The molecule has 1 radical (unpaired) electrons. The molecule has 0 aliphatic heterocycles. The molecule has 22 heavy (non-hydrogen) atoms. The van der Waals surface area contributed by atoms with E-state index in [0.29, 0.717) is 0 Å². The second-order valence-electron chi connectivity index (χ2n) is 5.75. The maximum absolute atomic E-state index is 13.3. The number of halogens is 1.